The molecular formula is C48H85NO24. The summed E-state index contributed by atoms with van der Waals surface area (Å²) in [6.07, 6.45) is -28.4. The van der Waals surface area contributed by atoms with E-state index in [0.717, 1.165) is 0 Å². The second-order valence-corrected chi connectivity index (χ2v) is 20.9. The van der Waals surface area contributed by atoms with E-state index in [4.69, 9.17) is 42.6 Å². The fourth-order valence-electron chi connectivity index (χ4n) is 10.2. The van der Waals surface area contributed by atoms with Gasteiger partial charge in [0.2, 0.25) is 5.91 Å². The van der Waals surface area contributed by atoms with Crippen molar-refractivity contribution in [2.45, 2.75) is 247 Å². The van der Waals surface area contributed by atoms with Crippen molar-refractivity contribution in [3.8, 4) is 0 Å². The molecule has 0 spiro atoms. The van der Waals surface area contributed by atoms with E-state index >= 15 is 0 Å². The number of carbonyl (C=O) groups excluding carboxylic acids is 2. The molecule has 5 rings (SSSR count). The number of carbonyl (C=O) groups is 2. The van der Waals surface area contributed by atoms with E-state index in [1.807, 2.05) is 34.6 Å². The van der Waals surface area contributed by atoms with Crippen molar-refractivity contribution >= 4 is 11.7 Å². The first kappa shape index (κ1) is 62.1. The van der Waals surface area contributed by atoms with Gasteiger partial charge < -0.3 is 114 Å². The molecule has 0 bridgehead atoms. The lowest BCUT2D eigenvalue weighted by atomic mass is 9.81. The van der Waals surface area contributed by atoms with Gasteiger partial charge in [-0.3, -0.25) is 9.59 Å². The Balaban J connectivity index is 1.13. The number of hydrogen-bond donors (Lipinski definition) is 14. The molecule has 73 heavy (non-hydrogen) atoms. The maximum absolute atomic E-state index is 13.5. The highest BCUT2D eigenvalue weighted by Crippen LogP contribution is 2.35. The van der Waals surface area contributed by atoms with Crippen LogP contribution in [0.5, 0.6) is 0 Å². The monoisotopic (exact) mass is 1060 g/mol. The van der Waals surface area contributed by atoms with E-state index in [2.05, 4.69) is 5.32 Å². The minimum absolute atomic E-state index is 0.000421. The maximum Gasteiger partial charge on any atom is 0.223 e. The van der Waals surface area contributed by atoms with Gasteiger partial charge in [-0.2, -0.15) is 0 Å². The minimum atomic E-state index is -2.05. The Morgan fingerprint density at radius 3 is 1.86 bits per heavy atom. The number of aliphatic hydroxyl groups excluding tert-OH is 12. The maximum atomic E-state index is 13.5. The van der Waals surface area contributed by atoms with Crippen LogP contribution in [-0.4, -0.2) is 251 Å². The van der Waals surface area contributed by atoms with Gasteiger partial charge in [-0.25, -0.2) is 0 Å². The molecule has 5 aliphatic rings. The minimum Gasteiger partial charge on any atom is -0.394 e. The van der Waals surface area contributed by atoms with Gasteiger partial charge in [0.25, 0.3) is 0 Å². The van der Waals surface area contributed by atoms with Crippen LogP contribution in [0.4, 0.5) is 0 Å². The van der Waals surface area contributed by atoms with E-state index in [-0.39, 0.29) is 49.2 Å². The van der Waals surface area contributed by atoms with Crippen molar-refractivity contribution in [1.82, 2.24) is 5.32 Å². The van der Waals surface area contributed by atoms with Crippen LogP contribution in [0.1, 0.15) is 99.8 Å². The molecular weight excluding hydrogens is 975 g/mol. The van der Waals surface area contributed by atoms with Crippen LogP contribution in [0.25, 0.3) is 0 Å². The highest BCUT2D eigenvalue weighted by molar-refractivity contribution is 5.79. The summed E-state index contributed by atoms with van der Waals surface area (Å²) in [4.78, 5) is 26.9. The second kappa shape index (κ2) is 27.7. The molecule has 5 saturated heterocycles. The van der Waals surface area contributed by atoms with Gasteiger partial charge in [0.05, 0.1) is 75.5 Å². The van der Waals surface area contributed by atoms with Gasteiger partial charge in [0, 0.05) is 19.3 Å². The zero-order valence-corrected chi connectivity index (χ0v) is 42.8. The first-order valence-electron chi connectivity index (χ1n) is 25.8. The number of nitrogens with one attached hydrogen (secondary N) is 1. The predicted molar refractivity (Wildman–Crippen MR) is 248 cm³/mol. The standard InChI is InChI=1S/C48H85NO24/c1-8-20(4)24(11-25(52)13-27(54)14-30(21(5)9-2)70-46-37(60)34(57)29(10-3)69-46)12-26(53)15-32(56)49-33-31(16-50)67-22(6)40(35(33)58)72-45-38(61)36(59)41(23(7)68-45)71-44-39(62)42(28(55)17-65-44)73-47-43(63)48(64,18-51)19-66-47/h20-24,26-31,33-47,50-51,53-55,57-64H,8-19H2,1-7H3,(H,49,56)/t20-,21-,22+,23?,24+,26+,27-,28-,29+,30+,31?,33+,34?,35?,36?,37+,38+,39-,40+,41+,42?,43-,44+,45+,46+,47+,48?/m1/s1. The number of aliphatic hydroxyl groups is 13. The smallest absolute Gasteiger partial charge is 0.223 e. The average Bonchev–Trinajstić information content (AvgIpc) is 3.79. The number of hydrogen-bond acceptors (Lipinski definition) is 24. The SMILES string of the molecule is CC[C@@H]1O[C@@H](O[C@@H](C[C@H](O)CC(=O)C[C@@H](C[C@H](O)CC(=O)N[C@H]2C(CO)O[C@@H](C)[C@H](O[C@@H]3OC(C)[C@H](O[C@@H]4OC[C@@H](O)C(O[C@@H]5OCC(O)(CO)[C@@H]5O)[C@H]4O)C(O)[C@@H]3O)C2O)[C@H](C)CC)[C@H](C)CC)[C@@H](O)C1O. The summed E-state index contributed by atoms with van der Waals surface area (Å²) in [5.41, 5.74) is -2.05. The van der Waals surface area contributed by atoms with Crippen LogP contribution in [-0.2, 0) is 52.2 Å². The lowest BCUT2D eigenvalue weighted by Crippen LogP contribution is -2.67. The van der Waals surface area contributed by atoms with Gasteiger partial charge in [0.15, 0.2) is 25.2 Å². The van der Waals surface area contributed by atoms with Gasteiger partial charge in [0.1, 0.15) is 84.6 Å². The van der Waals surface area contributed by atoms with E-state index in [0.29, 0.717) is 19.3 Å². The summed E-state index contributed by atoms with van der Waals surface area (Å²) >= 11 is 0. The molecule has 5 fully saturated rings. The lowest BCUT2D eigenvalue weighted by Gasteiger charge is -2.48. The van der Waals surface area contributed by atoms with Crippen LogP contribution < -0.4 is 5.32 Å². The first-order valence-corrected chi connectivity index (χ1v) is 25.8. The van der Waals surface area contributed by atoms with Gasteiger partial charge in [-0.1, -0.05) is 47.5 Å². The Labute approximate surface area is 425 Å². The Morgan fingerprint density at radius 2 is 1.26 bits per heavy atom. The molecule has 25 nitrogen and oxygen atoms in total. The summed E-state index contributed by atoms with van der Waals surface area (Å²) < 4.78 is 51.7. The van der Waals surface area contributed by atoms with Crippen molar-refractivity contribution in [2.24, 2.45) is 17.8 Å². The third-order valence-corrected chi connectivity index (χ3v) is 15.3. The zero-order chi connectivity index (χ0) is 54.2. The molecule has 7 unspecified atom stereocenters. The topological polar surface area (TPSA) is 392 Å². The molecule has 5 heterocycles. The van der Waals surface area contributed by atoms with Crippen LogP contribution in [0.2, 0.25) is 0 Å². The normalized spacial score (nSPS) is 42.7. The second-order valence-electron chi connectivity index (χ2n) is 20.9. The van der Waals surface area contributed by atoms with Gasteiger partial charge >= 0.3 is 0 Å². The number of rotatable bonds is 26. The number of ether oxygens (including phenoxy) is 9. The fourth-order valence-corrected chi connectivity index (χ4v) is 10.2. The molecule has 14 N–H and O–H groups in total. The summed E-state index contributed by atoms with van der Waals surface area (Å²) in [5.74, 6) is -1.53. The molecule has 0 radical (unpaired) electrons. The summed E-state index contributed by atoms with van der Waals surface area (Å²) in [7, 11) is 0. The molecule has 0 aromatic carbocycles. The molecule has 0 aromatic rings. The van der Waals surface area contributed by atoms with Gasteiger partial charge in [-0.05, 0) is 44.4 Å². The van der Waals surface area contributed by atoms with Crippen molar-refractivity contribution in [3.63, 3.8) is 0 Å². The first-order chi connectivity index (χ1) is 34.4. The largest absolute Gasteiger partial charge is 0.394 e. The van der Waals surface area contributed by atoms with E-state index in [9.17, 15) is 76.0 Å². The van der Waals surface area contributed by atoms with Crippen molar-refractivity contribution in [1.29, 1.82) is 0 Å². The molecule has 0 aromatic heterocycles. The quantitative estimate of drug-likeness (QED) is 0.0392. The van der Waals surface area contributed by atoms with Crippen molar-refractivity contribution in [3.05, 3.63) is 0 Å². The van der Waals surface area contributed by atoms with Crippen molar-refractivity contribution < 1.29 is 119 Å². The van der Waals surface area contributed by atoms with E-state index < -0.39 is 185 Å². The molecule has 1 amide bonds. The van der Waals surface area contributed by atoms with Gasteiger partial charge in [-0.15, -0.1) is 0 Å². The highest BCUT2D eigenvalue weighted by Gasteiger charge is 2.54. The summed E-state index contributed by atoms with van der Waals surface area (Å²) in [5, 5.41) is 142. The molecule has 25 heteroatoms. The summed E-state index contributed by atoms with van der Waals surface area (Å²) in [6, 6.07) is -1.31. The molecule has 426 valence electrons. The van der Waals surface area contributed by atoms with E-state index in [1.165, 1.54) is 13.8 Å². The molecule has 0 aliphatic carbocycles. The Bertz CT molecular complexity index is 1690. The number of amides is 1. The third kappa shape index (κ3) is 15.3. The number of ketones is 1. The van der Waals surface area contributed by atoms with Crippen LogP contribution in [0, 0.1) is 17.8 Å². The third-order valence-electron chi connectivity index (χ3n) is 15.3. The Kier molecular flexibility index (Phi) is 23.6. The zero-order valence-electron chi connectivity index (χ0n) is 42.8. The fraction of sp³-hybridized carbons (Fsp3) is 0.958. The van der Waals surface area contributed by atoms with E-state index in [1.54, 1.807) is 0 Å². The van der Waals surface area contributed by atoms with Crippen molar-refractivity contribution in [2.75, 3.05) is 26.4 Å². The molecule has 0 saturated carbocycles. The molecule has 27 atom stereocenters. The average molecular weight is 1060 g/mol. The highest BCUT2D eigenvalue weighted by atomic mass is 16.8. The van der Waals surface area contributed by atoms with Crippen LogP contribution >= 0.6 is 0 Å². The number of Topliss-reactive ketones (excluding diaryl/α,β-unsaturated/α-hetero) is 1. The Hall–Kier alpha value is -1.74. The molecule has 5 aliphatic heterocycles. The summed E-state index contributed by atoms with van der Waals surface area (Å²) in [6.45, 7) is 9.98. The van der Waals surface area contributed by atoms with Crippen LogP contribution in [0.15, 0.2) is 0 Å². The Morgan fingerprint density at radius 1 is 0.658 bits per heavy atom. The predicted octanol–water partition coefficient (Wildman–Crippen LogP) is -4.06. The lowest BCUT2D eigenvalue weighted by molar-refractivity contribution is -0.363. The van der Waals surface area contributed by atoms with Crippen LogP contribution in [0.3, 0.4) is 0 Å².